The Balaban J connectivity index is 1.37. The third-order valence-electron chi connectivity index (χ3n) is 6.13. The van der Waals surface area contributed by atoms with E-state index in [1.165, 1.54) is 18.1 Å². The van der Waals surface area contributed by atoms with Crippen LogP contribution in [0.5, 0.6) is 0 Å². The summed E-state index contributed by atoms with van der Waals surface area (Å²) in [5.74, 6) is 0.765. The topological polar surface area (TPSA) is 125 Å². The summed E-state index contributed by atoms with van der Waals surface area (Å²) in [6.07, 6.45) is 1.36. The minimum atomic E-state index is -1.27. The second-order valence-electron chi connectivity index (χ2n) is 8.61. The van der Waals surface area contributed by atoms with Crippen molar-refractivity contribution in [2.24, 2.45) is 5.92 Å². The first kappa shape index (κ1) is 25.0. The molecule has 4 atom stereocenters. The fourth-order valence-electron chi connectivity index (χ4n) is 4.10. The number of hydrogen-bond acceptors (Lipinski definition) is 9. The smallest absolute Gasteiger partial charge is 0.413 e. The zero-order valence-electron chi connectivity index (χ0n) is 19.4. The molecule has 11 nitrogen and oxygen atoms in total. The molecule has 2 aliphatic heterocycles. The highest BCUT2D eigenvalue weighted by molar-refractivity contribution is 7.14. The van der Waals surface area contributed by atoms with Crippen molar-refractivity contribution in [3.8, 4) is 0 Å². The molecule has 2 aromatic heterocycles. The zero-order valence-corrected chi connectivity index (χ0v) is 20.2. The van der Waals surface area contributed by atoms with Gasteiger partial charge >= 0.3 is 12.1 Å². The van der Waals surface area contributed by atoms with Crippen LogP contribution in [0.4, 0.5) is 35.3 Å². The lowest BCUT2D eigenvalue weighted by Gasteiger charge is -2.39. The van der Waals surface area contributed by atoms with E-state index >= 15 is 0 Å². The van der Waals surface area contributed by atoms with Crippen LogP contribution in [0.15, 0.2) is 18.5 Å². The standard InChI is InChI=1S/C21H28F2N8O3S/c1-12-9-24-6-3-15(12)34-21(33)28-17-4-7-25-18(27-17)31-8-5-13(22)14(11-31)30(2)20(32)29-19-26-10-16(23)35-19/h4,7,10,12-15,24H,3,5-6,8-9,11H2,1-2H3,(H,26,29,32)(H,25,27,28,33)/t12-,13+,14-,15+/m0/s1. The number of hydrogen-bond donors (Lipinski definition) is 3. The number of piperidine rings is 2. The highest BCUT2D eigenvalue weighted by Crippen LogP contribution is 2.24. The SMILES string of the molecule is C[C@H]1CNCC[C@H]1OC(=O)Nc1ccnc(N2CC[C@@H](F)[C@@H](N(C)C(=O)Nc3ncc(F)s3)C2)n1. The first-order chi connectivity index (χ1) is 16.8. The maximum Gasteiger partial charge on any atom is 0.413 e. The lowest BCUT2D eigenvalue weighted by molar-refractivity contribution is 0.0587. The largest absolute Gasteiger partial charge is 0.446 e. The second-order valence-corrected chi connectivity index (χ2v) is 9.59. The quantitative estimate of drug-likeness (QED) is 0.561. The van der Waals surface area contributed by atoms with Crippen molar-refractivity contribution < 1.29 is 23.1 Å². The highest BCUT2D eigenvalue weighted by Gasteiger charge is 2.35. The van der Waals surface area contributed by atoms with Gasteiger partial charge in [-0.2, -0.15) is 9.37 Å². The van der Waals surface area contributed by atoms with Gasteiger partial charge in [-0.1, -0.05) is 18.3 Å². The summed E-state index contributed by atoms with van der Waals surface area (Å²) in [5.41, 5.74) is 0. The van der Waals surface area contributed by atoms with E-state index in [2.05, 4.69) is 30.9 Å². The van der Waals surface area contributed by atoms with Gasteiger partial charge < -0.3 is 19.9 Å². The summed E-state index contributed by atoms with van der Waals surface area (Å²) in [7, 11) is 1.47. The molecular formula is C21H28F2N8O3S. The van der Waals surface area contributed by atoms with E-state index in [0.29, 0.717) is 23.8 Å². The number of urea groups is 1. The summed E-state index contributed by atoms with van der Waals surface area (Å²) in [6.45, 7) is 4.07. The number of alkyl halides is 1. The van der Waals surface area contributed by atoms with E-state index in [0.717, 1.165) is 25.7 Å². The third-order valence-corrected chi connectivity index (χ3v) is 6.83. The van der Waals surface area contributed by atoms with Gasteiger partial charge in [-0.15, -0.1) is 0 Å². The van der Waals surface area contributed by atoms with Crippen molar-refractivity contribution in [3.05, 3.63) is 23.6 Å². The molecule has 0 aliphatic carbocycles. The summed E-state index contributed by atoms with van der Waals surface area (Å²) >= 11 is 0.687. The lowest BCUT2D eigenvalue weighted by Crippen LogP contribution is -2.55. The Morgan fingerprint density at radius 2 is 2.14 bits per heavy atom. The average Bonchev–Trinajstić information content (AvgIpc) is 3.25. The number of amides is 3. The van der Waals surface area contributed by atoms with E-state index in [-0.39, 0.29) is 35.9 Å². The van der Waals surface area contributed by atoms with Crippen molar-refractivity contribution >= 4 is 40.4 Å². The fraction of sp³-hybridized carbons (Fsp3) is 0.571. The third kappa shape index (κ3) is 6.31. The first-order valence-electron chi connectivity index (χ1n) is 11.4. The molecule has 3 amide bonds. The minimum absolute atomic E-state index is 0.0929. The molecular weight excluding hydrogens is 482 g/mol. The van der Waals surface area contributed by atoms with E-state index in [9.17, 15) is 18.4 Å². The number of nitrogens with zero attached hydrogens (tertiary/aromatic N) is 5. The Kier molecular flexibility index (Phi) is 7.90. The molecule has 3 N–H and O–H groups in total. The van der Waals surface area contributed by atoms with Crippen molar-refractivity contribution in [1.29, 1.82) is 0 Å². The fourth-order valence-corrected chi connectivity index (χ4v) is 4.63. The molecule has 14 heteroatoms. The summed E-state index contributed by atoms with van der Waals surface area (Å²) < 4.78 is 33.5. The highest BCUT2D eigenvalue weighted by atomic mass is 32.1. The average molecular weight is 511 g/mol. The van der Waals surface area contributed by atoms with Crippen molar-refractivity contribution in [2.45, 2.75) is 38.1 Å². The predicted molar refractivity (Wildman–Crippen MR) is 127 cm³/mol. The van der Waals surface area contributed by atoms with Crippen LogP contribution in [-0.4, -0.2) is 83.5 Å². The van der Waals surface area contributed by atoms with Crippen LogP contribution in [0.3, 0.4) is 0 Å². The predicted octanol–water partition coefficient (Wildman–Crippen LogP) is 2.70. The van der Waals surface area contributed by atoms with Crippen LogP contribution in [-0.2, 0) is 4.74 Å². The van der Waals surface area contributed by atoms with Crippen LogP contribution < -0.4 is 20.9 Å². The number of carbonyl (C=O) groups excluding carboxylic acids is 2. The molecule has 2 aliphatic rings. The summed E-state index contributed by atoms with van der Waals surface area (Å²) in [4.78, 5) is 40.3. The Labute approximate surface area is 205 Å². The molecule has 4 heterocycles. The van der Waals surface area contributed by atoms with Gasteiger partial charge in [-0.25, -0.2) is 23.9 Å². The van der Waals surface area contributed by atoms with Crippen molar-refractivity contribution in [3.63, 3.8) is 0 Å². The monoisotopic (exact) mass is 510 g/mol. The number of aromatic nitrogens is 3. The Bertz CT molecular complexity index is 1040. The zero-order chi connectivity index (χ0) is 24.9. The van der Waals surface area contributed by atoms with Gasteiger partial charge in [-0.3, -0.25) is 10.6 Å². The number of nitrogens with one attached hydrogen (secondary N) is 3. The van der Waals surface area contributed by atoms with Crippen LogP contribution in [0.2, 0.25) is 0 Å². The molecule has 0 radical (unpaired) electrons. The number of rotatable bonds is 5. The van der Waals surface area contributed by atoms with Gasteiger partial charge in [-0.05, 0) is 25.5 Å². The van der Waals surface area contributed by atoms with Gasteiger partial charge in [0.05, 0.1) is 12.2 Å². The molecule has 4 rings (SSSR count). The number of halogens is 2. The molecule has 0 saturated carbocycles. The second kappa shape index (κ2) is 11.1. The van der Waals surface area contributed by atoms with Gasteiger partial charge in [0.15, 0.2) is 10.3 Å². The Hall–Kier alpha value is -3.13. The molecule has 0 spiro atoms. The number of ether oxygens (including phenoxy) is 1. The Morgan fingerprint density at radius 3 is 2.89 bits per heavy atom. The van der Waals surface area contributed by atoms with Crippen LogP contribution in [0.25, 0.3) is 0 Å². The minimum Gasteiger partial charge on any atom is -0.446 e. The number of thiazole rings is 1. The van der Waals surface area contributed by atoms with Crippen LogP contribution >= 0.6 is 11.3 Å². The van der Waals surface area contributed by atoms with Crippen molar-refractivity contribution in [1.82, 2.24) is 25.2 Å². The van der Waals surface area contributed by atoms with E-state index in [1.807, 2.05) is 6.92 Å². The van der Waals surface area contributed by atoms with E-state index < -0.39 is 29.5 Å². The first-order valence-corrected chi connectivity index (χ1v) is 12.2. The molecule has 2 saturated heterocycles. The molecule has 0 unspecified atom stereocenters. The maximum absolute atomic E-state index is 14.8. The van der Waals surface area contributed by atoms with E-state index in [4.69, 9.17) is 4.74 Å². The Morgan fingerprint density at radius 1 is 1.31 bits per heavy atom. The number of anilines is 3. The molecule has 2 fully saturated rings. The lowest BCUT2D eigenvalue weighted by atomic mass is 9.98. The summed E-state index contributed by atoms with van der Waals surface area (Å²) in [6, 6.07) is 0.156. The summed E-state index contributed by atoms with van der Waals surface area (Å²) in [5, 5.41) is 7.93. The maximum atomic E-state index is 14.8. The number of carbonyl (C=O) groups is 2. The van der Waals surface area contributed by atoms with Gasteiger partial charge in [0.1, 0.15) is 18.1 Å². The van der Waals surface area contributed by atoms with Gasteiger partial charge in [0, 0.05) is 38.8 Å². The van der Waals surface area contributed by atoms with Gasteiger partial charge in [0.2, 0.25) is 5.95 Å². The molecule has 35 heavy (non-hydrogen) atoms. The van der Waals surface area contributed by atoms with Crippen LogP contribution in [0.1, 0.15) is 19.8 Å². The molecule has 2 aromatic rings. The molecule has 0 bridgehead atoms. The van der Waals surface area contributed by atoms with E-state index in [1.54, 1.807) is 11.0 Å². The van der Waals surface area contributed by atoms with Crippen molar-refractivity contribution in [2.75, 3.05) is 48.8 Å². The van der Waals surface area contributed by atoms with Crippen LogP contribution in [0, 0.1) is 11.0 Å². The number of likely N-dealkylation sites (N-methyl/N-ethyl adjacent to an activating group) is 1. The molecule has 190 valence electrons. The molecule has 0 aromatic carbocycles. The van der Waals surface area contributed by atoms with Gasteiger partial charge in [0.25, 0.3) is 0 Å². The normalized spacial score (nSPS) is 24.5.